The molecule has 1 aliphatic rings. The van der Waals surface area contributed by atoms with Crippen molar-refractivity contribution >= 4 is 22.9 Å². The number of amides is 1. The van der Waals surface area contributed by atoms with Gasteiger partial charge in [-0.2, -0.15) is 0 Å². The summed E-state index contributed by atoms with van der Waals surface area (Å²) in [5.41, 5.74) is 2.93. The van der Waals surface area contributed by atoms with E-state index in [0.717, 1.165) is 21.1 Å². The number of hydrogen-bond donors (Lipinski definition) is 0. The average molecular weight is 382 g/mol. The minimum atomic E-state index is -0.613. The quantitative estimate of drug-likeness (QED) is 0.648. The fourth-order valence-electron chi connectivity index (χ4n) is 3.31. The molecule has 0 spiro atoms. The van der Waals surface area contributed by atoms with E-state index in [1.54, 1.807) is 41.4 Å². The molecule has 0 aliphatic carbocycles. The number of rotatable bonds is 3. The van der Waals surface area contributed by atoms with Crippen LogP contribution in [0.25, 0.3) is 11.3 Å². The summed E-state index contributed by atoms with van der Waals surface area (Å²) in [6.45, 7) is 5.87. The first-order chi connectivity index (χ1) is 12.9. The molecule has 0 saturated carbocycles. The number of thiazole rings is 1. The second kappa shape index (κ2) is 6.78. The SMILES string of the molecule is Cc1nc(-c2ccc3c(c2)N(Cc2ccccc2F)C(=O)C(C)O3)c(C)s1. The number of carbonyl (C=O) groups is 1. The summed E-state index contributed by atoms with van der Waals surface area (Å²) in [6.07, 6.45) is -0.613. The molecule has 4 rings (SSSR count). The van der Waals surface area contributed by atoms with E-state index < -0.39 is 6.10 Å². The van der Waals surface area contributed by atoms with E-state index in [9.17, 15) is 9.18 Å². The van der Waals surface area contributed by atoms with Crippen LogP contribution < -0.4 is 9.64 Å². The van der Waals surface area contributed by atoms with Gasteiger partial charge in [-0.05, 0) is 45.0 Å². The van der Waals surface area contributed by atoms with Crippen molar-refractivity contribution in [2.24, 2.45) is 0 Å². The second-order valence-corrected chi connectivity index (χ2v) is 8.00. The molecule has 27 heavy (non-hydrogen) atoms. The highest BCUT2D eigenvalue weighted by Gasteiger charge is 2.32. The lowest BCUT2D eigenvalue weighted by Crippen LogP contribution is -2.44. The monoisotopic (exact) mass is 382 g/mol. The Morgan fingerprint density at radius 1 is 1.22 bits per heavy atom. The molecule has 4 nitrogen and oxygen atoms in total. The zero-order valence-electron chi connectivity index (χ0n) is 15.3. The Bertz CT molecular complexity index is 1030. The summed E-state index contributed by atoms with van der Waals surface area (Å²) in [5.74, 6) is 0.106. The minimum absolute atomic E-state index is 0.157. The van der Waals surface area contributed by atoms with Crippen LogP contribution in [-0.2, 0) is 11.3 Å². The third-order valence-electron chi connectivity index (χ3n) is 4.63. The second-order valence-electron chi connectivity index (χ2n) is 6.60. The Hall–Kier alpha value is -2.73. The van der Waals surface area contributed by atoms with Gasteiger partial charge in [0.25, 0.3) is 5.91 Å². The van der Waals surface area contributed by atoms with Gasteiger partial charge in [0.15, 0.2) is 6.10 Å². The summed E-state index contributed by atoms with van der Waals surface area (Å²) >= 11 is 1.64. The van der Waals surface area contributed by atoms with E-state index >= 15 is 0 Å². The number of ether oxygens (including phenoxy) is 1. The van der Waals surface area contributed by atoms with Gasteiger partial charge < -0.3 is 9.64 Å². The maximum absolute atomic E-state index is 14.2. The van der Waals surface area contributed by atoms with E-state index in [1.165, 1.54) is 6.07 Å². The molecular weight excluding hydrogens is 363 g/mol. The van der Waals surface area contributed by atoms with E-state index in [1.807, 2.05) is 32.0 Å². The molecule has 1 unspecified atom stereocenters. The van der Waals surface area contributed by atoms with Crippen LogP contribution >= 0.6 is 11.3 Å². The largest absolute Gasteiger partial charge is 0.479 e. The van der Waals surface area contributed by atoms with E-state index in [2.05, 4.69) is 4.98 Å². The summed E-state index contributed by atoms with van der Waals surface area (Å²) in [7, 11) is 0. The highest BCUT2D eigenvalue weighted by molar-refractivity contribution is 7.11. The molecule has 2 heterocycles. The lowest BCUT2D eigenvalue weighted by atomic mass is 10.1. The van der Waals surface area contributed by atoms with E-state index in [0.29, 0.717) is 17.0 Å². The van der Waals surface area contributed by atoms with Gasteiger partial charge in [-0.3, -0.25) is 4.79 Å². The Kier molecular flexibility index (Phi) is 4.44. The van der Waals surface area contributed by atoms with Gasteiger partial charge in [0.1, 0.15) is 11.6 Å². The van der Waals surface area contributed by atoms with Crippen LogP contribution in [0.1, 0.15) is 22.4 Å². The number of benzene rings is 2. The molecule has 138 valence electrons. The van der Waals surface area contributed by atoms with Crippen molar-refractivity contribution in [3.63, 3.8) is 0 Å². The number of anilines is 1. The Labute approximate surface area is 161 Å². The molecule has 6 heteroatoms. The predicted octanol–water partition coefficient (Wildman–Crippen LogP) is 4.88. The predicted molar refractivity (Wildman–Crippen MR) is 105 cm³/mol. The van der Waals surface area contributed by atoms with E-state index in [-0.39, 0.29) is 18.3 Å². The molecule has 0 N–H and O–H groups in total. The molecule has 1 amide bonds. The van der Waals surface area contributed by atoms with Gasteiger partial charge in [0, 0.05) is 16.0 Å². The number of hydrogen-bond acceptors (Lipinski definition) is 4. The number of nitrogens with zero attached hydrogens (tertiary/aromatic N) is 2. The fraction of sp³-hybridized carbons (Fsp3) is 0.238. The van der Waals surface area contributed by atoms with Crippen molar-refractivity contribution in [1.82, 2.24) is 4.98 Å². The number of aryl methyl sites for hydroxylation is 2. The average Bonchev–Trinajstić information content (AvgIpc) is 2.98. The maximum Gasteiger partial charge on any atom is 0.268 e. The van der Waals surface area contributed by atoms with Gasteiger partial charge in [0.05, 0.1) is 22.9 Å². The molecule has 1 aliphatic heterocycles. The molecule has 3 aromatic rings. The van der Waals surface area contributed by atoms with Crippen molar-refractivity contribution in [2.45, 2.75) is 33.4 Å². The zero-order valence-corrected chi connectivity index (χ0v) is 16.1. The van der Waals surface area contributed by atoms with Gasteiger partial charge in [0.2, 0.25) is 0 Å². The third kappa shape index (κ3) is 3.21. The standard InChI is InChI=1S/C21H19FN2O2S/c1-12-21(25)24(11-16-6-4-5-7-17(16)22)18-10-15(8-9-19(18)26-12)20-13(2)27-14(3)23-20/h4-10,12H,11H2,1-3H3. The molecule has 0 bridgehead atoms. The van der Waals surface area contributed by atoms with Crippen LogP contribution in [0.2, 0.25) is 0 Å². The number of carbonyl (C=O) groups excluding carboxylic acids is 1. The first kappa shape index (κ1) is 17.7. The number of halogens is 1. The molecule has 1 aromatic heterocycles. The number of aromatic nitrogens is 1. The Morgan fingerprint density at radius 2 is 2.00 bits per heavy atom. The third-order valence-corrected chi connectivity index (χ3v) is 5.52. The van der Waals surface area contributed by atoms with Crippen LogP contribution in [-0.4, -0.2) is 17.0 Å². The number of fused-ring (bicyclic) bond motifs is 1. The highest BCUT2D eigenvalue weighted by Crippen LogP contribution is 2.39. The molecule has 1 atom stereocenters. The first-order valence-corrected chi connectivity index (χ1v) is 9.55. The summed E-state index contributed by atoms with van der Waals surface area (Å²) in [4.78, 5) is 20.1. The molecule has 0 fully saturated rings. The van der Waals surface area contributed by atoms with Gasteiger partial charge in [-0.25, -0.2) is 9.37 Å². The fourth-order valence-corrected chi connectivity index (χ4v) is 4.15. The smallest absolute Gasteiger partial charge is 0.268 e. The highest BCUT2D eigenvalue weighted by atomic mass is 32.1. The van der Waals surface area contributed by atoms with Crippen molar-refractivity contribution in [3.8, 4) is 17.0 Å². The first-order valence-electron chi connectivity index (χ1n) is 8.74. The van der Waals surface area contributed by atoms with Gasteiger partial charge >= 0.3 is 0 Å². The van der Waals surface area contributed by atoms with Crippen molar-refractivity contribution < 1.29 is 13.9 Å². The van der Waals surface area contributed by atoms with Crippen LogP contribution in [0.3, 0.4) is 0 Å². The van der Waals surface area contributed by atoms with Crippen LogP contribution in [0.5, 0.6) is 5.75 Å². The summed E-state index contributed by atoms with van der Waals surface area (Å²) < 4.78 is 19.9. The topological polar surface area (TPSA) is 42.4 Å². The van der Waals surface area contributed by atoms with Crippen LogP contribution in [0.4, 0.5) is 10.1 Å². The summed E-state index contributed by atoms with van der Waals surface area (Å²) in [6, 6.07) is 12.2. The van der Waals surface area contributed by atoms with Crippen molar-refractivity contribution in [3.05, 3.63) is 63.7 Å². The van der Waals surface area contributed by atoms with Crippen LogP contribution in [0, 0.1) is 19.7 Å². The minimum Gasteiger partial charge on any atom is -0.479 e. The molecule has 2 aromatic carbocycles. The molecule has 0 radical (unpaired) electrons. The Morgan fingerprint density at radius 3 is 2.70 bits per heavy atom. The lowest BCUT2D eigenvalue weighted by Gasteiger charge is -2.33. The molecular formula is C21H19FN2O2S. The lowest BCUT2D eigenvalue weighted by molar-refractivity contribution is -0.125. The van der Waals surface area contributed by atoms with Crippen molar-refractivity contribution in [2.75, 3.05) is 4.90 Å². The Balaban J connectivity index is 1.79. The van der Waals surface area contributed by atoms with E-state index in [4.69, 9.17) is 4.74 Å². The van der Waals surface area contributed by atoms with Crippen molar-refractivity contribution in [1.29, 1.82) is 0 Å². The van der Waals surface area contributed by atoms with Gasteiger partial charge in [-0.1, -0.05) is 18.2 Å². The molecule has 0 saturated heterocycles. The van der Waals surface area contributed by atoms with Crippen LogP contribution in [0.15, 0.2) is 42.5 Å². The van der Waals surface area contributed by atoms with Gasteiger partial charge in [-0.15, -0.1) is 11.3 Å². The maximum atomic E-state index is 14.2. The normalized spacial score (nSPS) is 16.2. The summed E-state index contributed by atoms with van der Waals surface area (Å²) in [5, 5.41) is 0.990. The zero-order chi connectivity index (χ0) is 19.1.